The highest BCUT2D eigenvalue weighted by atomic mass is 16.1. The minimum atomic E-state index is 0.00463. The maximum Gasteiger partial charge on any atom is 0.216 e. The fraction of sp³-hybridized carbons (Fsp3) is 0.222. The van der Waals surface area contributed by atoms with Crippen molar-refractivity contribution in [3.63, 3.8) is 0 Å². The third-order valence-corrected chi connectivity index (χ3v) is 1.15. The molecule has 1 amide bonds. The van der Waals surface area contributed by atoms with Crippen molar-refractivity contribution in [3.05, 3.63) is 30.3 Å². The van der Waals surface area contributed by atoms with Gasteiger partial charge in [0.2, 0.25) is 5.91 Å². The topological polar surface area (TPSA) is 55.1 Å². The average Bonchev–Trinajstić information content (AvgIpc) is 2.07. The van der Waals surface area contributed by atoms with E-state index in [2.05, 4.69) is 5.32 Å². The van der Waals surface area contributed by atoms with Gasteiger partial charge >= 0.3 is 0 Å². The molecule has 3 nitrogen and oxygen atoms in total. The molecule has 0 aliphatic carbocycles. The van der Waals surface area contributed by atoms with Gasteiger partial charge in [-0.15, -0.1) is 0 Å². The van der Waals surface area contributed by atoms with Gasteiger partial charge < -0.3 is 11.1 Å². The third-order valence-electron chi connectivity index (χ3n) is 1.15. The van der Waals surface area contributed by atoms with Crippen LogP contribution in [0, 0.1) is 0 Å². The Labute approximate surface area is 72.6 Å². The van der Waals surface area contributed by atoms with E-state index in [1.807, 2.05) is 30.3 Å². The number of carbonyl (C=O) groups is 1. The lowest BCUT2D eigenvalue weighted by atomic mass is 10.3. The van der Waals surface area contributed by atoms with Crippen LogP contribution >= 0.6 is 0 Å². The van der Waals surface area contributed by atoms with Crippen molar-refractivity contribution in [1.29, 1.82) is 0 Å². The van der Waals surface area contributed by atoms with Crippen LogP contribution in [0.5, 0.6) is 0 Å². The summed E-state index contributed by atoms with van der Waals surface area (Å²) in [4.78, 5) is 9.70. The minimum absolute atomic E-state index is 0.00463. The van der Waals surface area contributed by atoms with Gasteiger partial charge in [0.25, 0.3) is 0 Å². The number of anilines is 1. The zero-order chi connectivity index (χ0) is 9.40. The smallest absolute Gasteiger partial charge is 0.216 e. The predicted molar refractivity (Wildman–Crippen MR) is 50.6 cm³/mol. The molecule has 0 radical (unpaired) electrons. The van der Waals surface area contributed by atoms with Gasteiger partial charge in [-0.1, -0.05) is 18.2 Å². The molecule has 3 heteroatoms. The zero-order valence-corrected chi connectivity index (χ0v) is 7.37. The van der Waals surface area contributed by atoms with Crippen LogP contribution in [0.25, 0.3) is 0 Å². The Morgan fingerprint density at radius 3 is 1.92 bits per heavy atom. The van der Waals surface area contributed by atoms with Gasteiger partial charge in [0, 0.05) is 19.7 Å². The van der Waals surface area contributed by atoms with E-state index >= 15 is 0 Å². The Kier molecular flexibility index (Phi) is 5.43. The summed E-state index contributed by atoms with van der Waals surface area (Å²) >= 11 is 0. The van der Waals surface area contributed by atoms with Crippen molar-refractivity contribution in [3.8, 4) is 0 Å². The Morgan fingerprint density at radius 1 is 1.33 bits per heavy atom. The summed E-state index contributed by atoms with van der Waals surface area (Å²) in [5.41, 5.74) is 6.18. The lowest BCUT2D eigenvalue weighted by Crippen LogP contribution is -2.11. The number of hydrogen-bond acceptors (Lipinski definition) is 2. The minimum Gasteiger partial charge on any atom is -0.399 e. The first-order chi connectivity index (χ1) is 5.66. The Bertz CT molecular complexity index is 221. The molecule has 66 valence electrons. The number of nitrogen functional groups attached to an aromatic ring is 1. The number of benzene rings is 1. The average molecular weight is 166 g/mol. The van der Waals surface area contributed by atoms with Gasteiger partial charge in [-0.25, -0.2) is 0 Å². The summed E-state index contributed by atoms with van der Waals surface area (Å²) in [5, 5.41) is 2.39. The summed E-state index contributed by atoms with van der Waals surface area (Å²) in [6.07, 6.45) is 0. The fourth-order valence-electron chi connectivity index (χ4n) is 0.453. The number of nitrogens with two attached hydrogens (primary N) is 1. The van der Waals surface area contributed by atoms with Gasteiger partial charge in [-0.3, -0.25) is 4.79 Å². The molecule has 12 heavy (non-hydrogen) atoms. The molecule has 0 heterocycles. The Morgan fingerprint density at radius 2 is 1.75 bits per heavy atom. The van der Waals surface area contributed by atoms with Gasteiger partial charge in [0.1, 0.15) is 0 Å². The highest BCUT2D eigenvalue weighted by Gasteiger charge is 1.73. The van der Waals surface area contributed by atoms with Crippen molar-refractivity contribution in [2.45, 2.75) is 6.92 Å². The van der Waals surface area contributed by atoms with E-state index in [1.54, 1.807) is 7.05 Å². The molecule has 0 aromatic heterocycles. The van der Waals surface area contributed by atoms with Crippen LogP contribution in [0.15, 0.2) is 30.3 Å². The molecule has 0 aliphatic rings. The quantitative estimate of drug-likeness (QED) is 0.565. The number of amides is 1. The standard InChI is InChI=1S/C6H7N.C3H7NO/c7-6-4-2-1-3-5-6;1-3(5)4-2/h1-5H,7H2;1-2H3,(H,4,5). The molecular weight excluding hydrogens is 152 g/mol. The van der Waals surface area contributed by atoms with E-state index in [4.69, 9.17) is 5.73 Å². The second-order valence-corrected chi connectivity index (χ2v) is 2.22. The number of carbonyl (C=O) groups excluding carboxylic acids is 1. The van der Waals surface area contributed by atoms with E-state index in [0.717, 1.165) is 5.69 Å². The van der Waals surface area contributed by atoms with Crippen LogP contribution in [0.4, 0.5) is 5.69 Å². The van der Waals surface area contributed by atoms with Crippen LogP contribution in [-0.4, -0.2) is 13.0 Å². The molecule has 1 aromatic carbocycles. The predicted octanol–water partition coefficient (Wildman–Crippen LogP) is 1.02. The molecule has 0 atom stereocenters. The first-order valence-electron chi connectivity index (χ1n) is 3.65. The summed E-state index contributed by atoms with van der Waals surface area (Å²) < 4.78 is 0. The van der Waals surface area contributed by atoms with Crippen LogP contribution < -0.4 is 11.1 Å². The van der Waals surface area contributed by atoms with Crippen molar-refractivity contribution in [2.75, 3.05) is 12.8 Å². The number of para-hydroxylation sites is 1. The zero-order valence-electron chi connectivity index (χ0n) is 7.37. The normalized spacial score (nSPS) is 7.83. The Balaban J connectivity index is 0.000000217. The third kappa shape index (κ3) is 6.61. The lowest BCUT2D eigenvalue weighted by Gasteiger charge is -1.83. The van der Waals surface area contributed by atoms with Gasteiger partial charge in [-0.2, -0.15) is 0 Å². The van der Waals surface area contributed by atoms with Crippen molar-refractivity contribution >= 4 is 11.6 Å². The van der Waals surface area contributed by atoms with Gasteiger partial charge in [0.05, 0.1) is 0 Å². The summed E-state index contributed by atoms with van der Waals surface area (Å²) in [5.74, 6) is 0.00463. The highest BCUT2D eigenvalue weighted by Crippen LogP contribution is 1.95. The number of rotatable bonds is 0. The van der Waals surface area contributed by atoms with E-state index in [1.165, 1.54) is 6.92 Å². The largest absolute Gasteiger partial charge is 0.399 e. The van der Waals surface area contributed by atoms with Crippen LogP contribution in [0.1, 0.15) is 6.92 Å². The van der Waals surface area contributed by atoms with Gasteiger partial charge in [-0.05, 0) is 12.1 Å². The van der Waals surface area contributed by atoms with Crippen molar-refractivity contribution < 1.29 is 4.79 Å². The molecule has 0 aliphatic heterocycles. The first-order valence-corrected chi connectivity index (χ1v) is 3.65. The van der Waals surface area contributed by atoms with Crippen LogP contribution in [-0.2, 0) is 4.79 Å². The summed E-state index contributed by atoms with van der Waals surface area (Å²) in [6, 6.07) is 9.49. The summed E-state index contributed by atoms with van der Waals surface area (Å²) in [7, 11) is 1.60. The fourth-order valence-corrected chi connectivity index (χ4v) is 0.453. The molecule has 0 fully saturated rings. The first kappa shape index (κ1) is 10.5. The van der Waals surface area contributed by atoms with Crippen molar-refractivity contribution in [2.24, 2.45) is 0 Å². The maximum absolute atomic E-state index is 9.70. The molecule has 0 saturated carbocycles. The molecule has 0 saturated heterocycles. The van der Waals surface area contributed by atoms with Crippen LogP contribution in [0.3, 0.4) is 0 Å². The second-order valence-electron chi connectivity index (χ2n) is 2.22. The molecule has 0 bridgehead atoms. The summed E-state index contributed by atoms with van der Waals surface area (Å²) in [6.45, 7) is 1.47. The highest BCUT2D eigenvalue weighted by molar-refractivity contribution is 5.72. The second kappa shape index (κ2) is 6.22. The van der Waals surface area contributed by atoms with E-state index < -0.39 is 0 Å². The molecule has 1 rings (SSSR count). The van der Waals surface area contributed by atoms with Gasteiger partial charge in [0.15, 0.2) is 0 Å². The molecule has 0 spiro atoms. The number of hydrogen-bond donors (Lipinski definition) is 2. The SMILES string of the molecule is CNC(C)=O.Nc1ccccc1. The van der Waals surface area contributed by atoms with E-state index in [9.17, 15) is 4.79 Å². The number of nitrogens with one attached hydrogen (secondary N) is 1. The maximum atomic E-state index is 9.70. The molecular formula is C9H14N2O. The monoisotopic (exact) mass is 166 g/mol. The molecule has 3 N–H and O–H groups in total. The van der Waals surface area contributed by atoms with E-state index in [-0.39, 0.29) is 5.91 Å². The van der Waals surface area contributed by atoms with E-state index in [0.29, 0.717) is 0 Å². The molecule has 1 aromatic rings. The van der Waals surface area contributed by atoms with Crippen LogP contribution in [0.2, 0.25) is 0 Å². The lowest BCUT2D eigenvalue weighted by molar-refractivity contribution is -0.118. The Hall–Kier alpha value is -1.51. The van der Waals surface area contributed by atoms with Crippen molar-refractivity contribution in [1.82, 2.24) is 5.32 Å². The molecule has 0 unspecified atom stereocenters.